The smallest absolute Gasteiger partial charge is 0.272 e. The molecule has 0 spiro atoms. The molecule has 4 rings (SSSR count). The first-order valence-corrected chi connectivity index (χ1v) is 9.07. The lowest BCUT2D eigenvalue weighted by Crippen LogP contribution is -2.47. The topological polar surface area (TPSA) is 100 Å². The number of hydrogen-bond acceptors (Lipinski definition) is 8. The standard InChI is InChI=1S/C19H20N8O/c28-18(23-14-15-3-1-6-20-13-15)16-4-5-17(25-24-16)26-9-11-27(12-10-26)19-21-7-2-8-22-19/h1-8,13H,9-12,14H2,(H,23,28). The summed E-state index contributed by atoms with van der Waals surface area (Å²) in [6.45, 7) is 3.59. The number of rotatable bonds is 5. The molecule has 0 atom stereocenters. The van der Waals surface area contributed by atoms with Crippen LogP contribution < -0.4 is 15.1 Å². The molecule has 0 radical (unpaired) electrons. The first kappa shape index (κ1) is 17.8. The van der Waals surface area contributed by atoms with E-state index in [1.54, 1.807) is 30.9 Å². The Hall–Kier alpha value is -3.62. The first-order chi connectivity index (χ1) is 13.8. The Bertz CT molecular complexity index is 896. The van der Waals surface area contributed by atoms with Crippen LogP contribution in [0.5, 0.6) is 0 Å². The van der Waals surface area contributed by atoms with Gasteiger partial charge in [0.2, 0.25) is 5.95 Å². The zero-order valence-corrected chi connectivity index (χ0v) is 15.3. The Labute approximate surface area is 162 Å². The van der Waals surface area contributed by atoms with E-state index >= 15 is 0 Å². The molecule has 3 aromatic heterocycles. The third-order valence-corrected chi connectivity index (χ3v) is 4.50. The van der Waals surface area contributed by atoms with Crippen LogP contribution in [0.1, 0.15) is 16.1 Å². The van der Waals surface area contributed by atoms with E-state index in [0.29, 0.717) is 12.2 Å². The van der Waals surface area contributed by atoms with Gasteiger partial charge < -0.3 is 15.1 Å². The van der Waals surface area contributed by atoms with Gasteiger partial charge in [-0.05, 0) is 29.8 Å². The summed E-state index contributed by atoms with van der Waals surface area (Å²) >= 11 is 0. The van der Waals surface area contributed by atoms with E-state index in [-0.39, 0.29) is 5.91 Å². The molecule has 1 aliphatic rings. The van der Waals surface area contributed by atoms with Crippen LogP contribution in [-0.2, 0) is 6.54 Å². The number of nitrogens with one attached hydrogen (secondary N) is 1. The minimum absolute atomic E-state index is 0.256. The lowest BCUT2D eigenvalue weighted by molar-refractivity contribution is 0.0945. The molecule has 4 heterocycles. The molecule has 1 saturated heterocycles. The van der Waals surface area contributed by atoms with E-state index < -0.39 is 0 Å². The van der Waals surface area contributed by atoms with E-state index in [2.05, 4.69) is 40.3 Å². The van der Waals surface area contributed by atoms with Crippen molar-refractivity contribution in [2.24, 2.45) is 0 Å². The highest BCUT2D eigenvalue weighted by molar-refractivity contribution is 5.92. The second-order valence-electron chi connectivity index (χ2n) is 6.34. The Morgan fingerprint density at radius 3 is 2.39 bits per heavy atom. The van der Waals surface area contributed by atoms with Crippen LogP contribution in [0, 0.1) is 0 Å². The summed E-state index contributed by atoms with van der Waals surface area (Å²) in [6.07, 6.45) is 6.91. The Balaban J connectivity index is 1.31. The average Bonchev–Trinajstić information content (AvgIpc) is 2.79. The fourth-order valence-corrected chi connectivity index (χ4v) is 2.98. The number of amides is 1. The van der Waals surface area contributed by atoms with Crippen LogP contribution in [-0.4, -0.2) is 57.2 Å². The number of carbonyl (C=O) groups excluding carboxylic acids is 1. The molecule has 0 aromatic carbocycles. The molecule has 0 unspecified atom stereocenters. The maximum Gasteiger partial charge on any atom is 0.272 e. The van der Waals surface area contributed by atoms with Crippen molar-refractivity contribution in [3.05, 3.63) is 66.4 Å². The highest BCUT2D eigenvalue weighted by Gasteiger charge is 2.20. The van der Waals surface area contributed by atoms with E-state index in [0.717, 1.165) is 43.5 Å². The molecule has 1 N–H and O–H groups in total. The molecule has 3 aromatic rings. The van der Waals surface area contributed by atoms with Gasteiger partial charge in [0.05, 0.1) is 0 Å². The third kappa shape index (κ3) is 4.20. The summed E-state index contributed by atoms with van der Waals surface area (Å²) in [5, 5.41) is 11.1. The normalized spacial score (nSPS) is 14.0. The number of carbonyl (C=O) groups is 1. The van der Waals surface area contributed by atoms with E-state index in [4.69, 9.17) is 0 Å². The minimum atomic E-state index is -0.256. The van der Waals surface area contributed by atoms with Gasteiger partial charge in [-0.25, -0.2) is 9.97 Å². The zero-order chi connectivity index (χ0) is 19.2. The zero-order valence-electron chi connectivity index (χ0n) is 15.3. The second-order valence-corrected chi connectivity index (χ2v) is 6.34. The van der Waals surface area contributed by atoms with Crippen molar-refractivity contribution in [3.63, 3.8) is 0 Å². The quantitative estimate of drug-likeness (QED) is 0.702. The monoisotopic (exact) mass is 376 g/mol. The summed E-state index contributed by atoms with van der Waals surface area (Å²) < 4.78 is 0. The summed E-state index contributed by atoms with van der Waals surface area (Å²) in [5.74, 6) is 1.25. The predicted molar refractivity (Wildman–Crippen MR) is 104 cm³/mol. The van der Waals surface area contributed by atoms with Crippen LogP contribution in [0.15, 0.2) is 55.1 Å². The van der Waals surface area contributed by atoms with E-state index in [1.165, 1.54) is 0 Å². The largest absolute Gasteiger partial charge is 0.352 e. The van der Waals surface area contributed by atoms with Crippen molar-refractivity contribution in [2.75, 3.05) is 36.0 Å². The maximum absolute atomic E-state index is 12.2. The van der Waals surface area contributed by atoms with Crippen LogP contribution in [0.25, 0.3) is 0 Å². The van der Waals surface area contributed by atoms with Gasteiger partial charge in [0.15, 0.2) is 11.5 Å². The van der Waals surface area contributed by atoms with Crippen molar-refractivity contribution >= 4 is 17.7 Å². The number of nitrogens with zero attached hydrogens (tertiary/aromatic N) is 7. The van der Waals surface area contributed by atoms with Gasteiger partial charge in [-0.3, -0.25) is 9.78 Å². The Kier molecular flexibility index (Phi) is 5.32. The summed E-state index contributed by atoms with van der Waals surface area (Å²) in [7, 11) is 0. The molecular weight excluding hydrogens is 356 g/mol. The SMILES string of the molecule is O=C(NCc1cccnc1)c1ccc(N2CCN(c3ncccn3)CC2)nn1. The van der Waals surface area contributed by atoms with E-state index in [9.17, 15) is 4.79 Å². The summed E-state index contributed by atoms with van der Waals surface area (Å²) in [6, 6.07) is 9.08. The third-order valence-electron chi connectivity index (χ3n) is 4.50. The lowest BCUT2D eigenvalue weighted by atomic mass is 10.2. The summed E-state index contributed by atoms with van der Waals surface area (Å²) in [5.41, 5.74) is 1.23. The lowest BCUT2D eigenvalue weighted by Gasteiger charge is -2.35. The van der Waals surface area contributed by atoms with Crippen molar-refractivity contribution < 1.29 is 4.79 Å². The summed E-state index contributed by atoms with van der Waals surface area (Å²) in [4.78, 5) is 29.1. The number of anilines is 2. The fourth-order valence-electron chi connectivity index (χ4n) is 2.98. The van der Waals surface area contributed by atoms with Crippen LogP contribution >= 0.6 is 0 Å². The number of aromatic nitrogens is 5. The molecule has 0 saturated carbocycles. The molecule has 0 bridgehead atoms. The van der Waals surface area contributed by atoms with Gasteiger partial charge in [-0.1, -0.05) is 6.07 Å². The Morgan fingerprint density at radius 2 is 1.71 bits per heavy atom. The van der Waals surface area contributed by atoms with Crippen LogP contribution in [0.4, 0.5) is 11.8 Å². The van der Waals surface area contributed by atoms with Crippen LogP contribution in [0.3, 0.4) is 0 Å². The van der Waals surface area contributed by atoms with E-state index in [1.807, 2.05) is 24.3 Å². The highest BCUT2D eigenvalue weighted by Crippen LogP contribution is 2.15. The number of piperazine rings is 1. The van der Waals surface area contributed by atoms with Gasteiger partial charge in [0, 0.05) is 57.5 Å². The second kappa shape index (κ2) is 8.38. The van der Waals surface area contributed by atoms with Crippen LogP contribution in [0.2, 0.25) is 0 Å². The highest BCUT2D eigenvalue weighted by atomic mass is 16.1. The van der Waals surface area contributed by atoms with Gasteiger partial charge in [0.25, 0.3) is 5.91 Å². The van der Waals surface area contributed by atoms with Gasteiger partial charge in [-0.15, -0.1) is 10.2 Å². The molecule has 9 heteroatoms. The molecule has 1 amide bonds. The van der Waals surface area contributed by atoms with Crippen molar-refractivity contribution in [1.82, 2.24) is 30.5 Å². The maximum atomic E-state index is 12.2. The minimum Gasteiger partial charge on any atom is -0.352 e. The molecule has 142 valence electrons. The predicted octanol–water partition coefficient (Wildman–Crippen LogP) is 0.918. The molecule has 1 fully saturated rings. The average molecular weight is 376 g/mol. The van der Waals surface area contributed by atoms with Gasteiger partial charge >= 0.3 is 0 Å². The first-order valence-electron chi connectivity index (χ1n) is 9.07. The molecule has 9 nitrogen and oxygen atoms in total. The van der Waals surface area contributed by atoms with Crippen molar-refractivity contribution in [3.8, 4) is 0 Å². The Morgan fingerprint density at radius 1 is 0.929 bits per heavy atom. The van der Waals surface area contributed by atoms with Gasteiger partial charge in [0.1, 0.15) is 0 Å². The number of pyridine rings is 1. The van der Waals surface area contributed by atoms with Crippen molar-refractivity contribution in [2.45, 2.75) is 6.54 Å². The molecule has 1 aliphatic heterocycles. The molecule has 28 heavy (non-hydrogen) atoms. The number of hydrogen-bond donors (Lipinski definition) is 1. The fraction of sp³-hybridized carbons (Fsp3) is 0.263. The molecule has 0 aliphatic carbocycles. The van der Waals surface area contributed by atoms with Crippen molar-refractivity contribution in [1.29, 1.82) is 0 Å². The molecular formula is C19H20N8O. The van der Waals surface area contributed by atoms with Gasteiger partial charge in [-0.2, -0.15) is 0 Å².